The summed E-state index contributed by atoms with van der Waals surface area (Å²) in [4.78, 5) is 13.7. The average molecular weight is 334 g/mol. The van der Waals surface area contributed by atoms with E-state index in [0.29, 0.717) is 5.92 Å². The van der Waals surface area contributed by atoms with Crippen LogP contribution in [0, 0.1) is 5.92 Å². The predicted octanol–water partition coefficient (Wildman–Crippen LogP) is 2.69. The number of nitrogens with zero attached hydrogens (tertiary/aromatic N) is 3. The first-order chi connectivity index (χ1) is 12.3. The predicted molar refractivity (Wildman–Crippen MR) is 101 cm³/mol. The summed E-state index contributed by atoms with van der Waals surface area (Å²) < 4.78 is 0. The molecule has 0 saturated carbocycles. The minimum absolute atomic E-state index is 0.613. The van der Waals surface area contributed by atoms with Crippen LogP contribution in [0.2, 0.25) is 0 Å². The van der Waals surface area contributed by atoms with Gasteiger partial charge in [-0.1, -0.05) is 12.1 Å². The van der Waals surface area contributed by atoms with Crippen LogP contribution >= 0.6 is 0 Å². The number of aromatic nitrogens is 3. The maximum Gasteiger partial charge on any atom is 0.154 e. The van der Waals surface area contributed by atoms with Crippen LogP contribution in [0.15, 0.2) is 42.7 Å². The van der Waals surface area contributed by atoms with Crippen molar-refractivity contribution in [1.29, 1.82) is 0 Å². The van der Waals surface area contributed by atoms with Gasteiger partial charge in [-0.3, -0.25) is 4.98 Å². The lowest BCUT2D eigenvalue weighted by Gasteiger charge is -2.23. The van der Waals surface area contributed by atoms with Crippen molar-refractivity contribution in [2.75, 3.05) is 30.7 Å². The molecule has 3 aromatic rings. The molecule has 1 aliphatic rings. The third-order valence-corrected chi connectivity index (χ3v) is 4.62. The van der Waals surface area contributed by atoms with Gasteiger partial charge in [0.05, 0.1) is 11.2 Å². The Hall–Kier alpha value is -2.73. The maximum atomic E-state index is 5.79. The highest BCUT2D eigenvalue weighted by molar-refractivity contribution is 5.88. The number of hydrogen-bond acceptors (Lipinski definition) is 6. The standard InChI is InChI=1S/C19H22N6/c20-15-5-3-14(4-6-15)16-10-17-18(23-9-8-22-17)19(25-16)24-12-13-2-1-7-21-11-13/h3-6,8-10,13,21H,1-2,7,11-12,20H2,(H,24,25). The van der Waals surface area contributed by atoms with Crippen LogP contribution in [0.5, 0.6) is 0 Å². The average Bonchev–Trinajstić information content (AvgIpc) is 2.67. The first kappa shape index (κ1) is 15.8. The number of fused-ring (bicyclic) bond motifs is 1. The van der Waals surface area contributed by atoms with E-state index in [-0.39, 0.29) is 0 Å². The Balaban J connectivity index is 1.67. The Labute approximate surface area is 146 Å². The van der Waals surface area contributed by atoms with Crippen LogP contribution in [0.25, 0.3) is 22.3 Å². The van der Waals surface area contributed by atoms with Crippen LogP contribution in [-0.4, -0.2) is 34.6 Å². The van der Waals surface area contributed by atoms with Crippen molar-refractivity contribution in [3.8, 4) is 11.3 Å². The molecule has 4 N–H and O–H groups in total. The highest BCUT2D eigenvalue weighted by Gasteiger charge is 2.15. The molecule has 0 spiro atoms. The second-order valence-electron chi connectivity index (χ2n) is 6.50. The Bertz CT molecular complexity index is 855. The van der Waals surface area contributed by atoms with E-state index in [2.05, 4.69) is 20.6 Å². The van der Waals surface area contributed by atoms with Gasteiger partial charge in [0.15, 0.2) is 5.82 Å². The molecule has 4 rings (SSSR count). The topological polar surface area (TPSA) is 88.8 Å². The normalized spacial score (nSPS) is 17.5. The van der Waals surface area contributed by atoms with Crippen LogP contribution in [-0.2, 0) is 0 Å². The lowest BCUT2D eigenvalue weighted by atomic mass is 10.00. The van der Waals surface area contributed by atoms with Crippen molar-refractivity contribution in [1.82, 2.24) is 20.3 Å². The first-order valence-electron chi connectivity index (χ1n) is 8.72. The maximum absolute atomic E-state index is 5.79. The molecule has 1 aromatic carbocycles. The van der Waals surface area contributed by atoms with Gasteiger partial charge in [-0.25, -0.2) is 9.97 Å². The van der Waals surface area contributed by atoms with E-state index in [1.165, 1.54) is 12.8 Å². The Morgan fingerprint density at radius 1 is 1.16 bits per heavy atom. The third-order valence-electron chi connectivity index (χ3n) is 4.62. The number of nitrogen functional groups attached to an aromatic ring is 1. The van der Waals surface area contributed by atoms with Crippen LogP contribution in [0.3, 0.4) is 0 Å². The number of nitrogens with two attached hydrogens (primary N) is 1. The Kier molecular flexibility index (Phi) is 4.43. The summed E-state index contributed by atoms with van der Waals surface area (Å²) in [5.74, 6) is 1.41. The van der Waals surface area contributed by atoms with Crippen LogP contribution in [0.1, 0.15) is 12.8 Å². The fraction of sp³-hybridized carbons (Fsp3) is 0.316. The third kappa shape index (κ3) is 3.53. The van der Waals surface area contributed by atoms with E-state index in [1.54, 1.807) is 12.4 Å². The minimum Gasteiger partial charge on any atom is -0.399 e. The van der Waals surface area contributed by atoms with Gasteiger partial charge >= 0.3 is 0 Å². The van der Waals surface area contributed by atoms with E-state index in [1.807, 2.05) is 30.3 Å². The van der Waals surface area contributed by atoms with Crippen molar-refractivity contribution in [2.24, 2.45) is 5.92 Å². The molecule has 1 atom stereocenters. The van der Waals surface area contributed by atoms with Gasteiger partial charge in [0.2, 0.25) is 0 Å². The number of benzene rings is 1. The van der Waals surface area contributed by atoms with E-state index >= 15 is 0 Å². The summed E-state index contributed by atoms with van der Waals surface area (Å²) in [6.45, 7) is 3.06. The summed E-state index contributed by atoms with van der Waals surface area (Å²) >= 11 is 0. The monoisotopic (exact) mass is 334 g/mol. The molecule has 6 heteroatoms. The molecule has 1 saturated heterocycles. The molecule has 0 aliphatic carbocycles. The van der Waals surface area contributed by atoms with Crippen molar-refractivity contribution in [3.63, 3.8) is 0 Å². The largest absolute Gasteiger partial charge is 0.399 e. The lowest BCUT2D eigenvalue weighted by Crippen LogP contribution is -2.33. The number of hydrogen-bond donors (Lipinski definition) is 3. The van der Waals surface area contributed by atoms with Gasteiger partial charge in [-0.05, 0) is 50.0 Å². The number of nitrogens with one attached hydrogen (secondary N) is 2. The highest BCUT2D eigenvalue weighted by Crippen LogP contribution is 2.26. The summed E-state index contributed by atoms with van der Waals surface area (Å²) in [6, 6.07) is 9.71. The van der Waals surface area contributed by atoms with Crippen molar-refractivity contribution in [3.05, 3.63) is 42.7 Å². The second kappa shape index (κ2) is 7.03. The van der Waals surface area contributed by atoms with Gasteiger partial charge in [0, 0.05) is 30.2 Å². The van der Waals surface area contributed by atoms with E-state index < -0.39 is 0 Å². The molecule has 128 valence electrons. The van der Waals surface area contributed by atoms with Crippen LogP contribution in [0.4, 0.5) is 11.5 Å². The number of pyridine rings is 1. The smallest absolute Gasteiger partial charge is 0.154 e. The van der Waals surface area contributed by atoms with Crippen molar-refractivity contribution in [2.45, 2.75) is 12.8 Å². The summed E-state index contributed by atoms with van der Waals surface area (Å²) in [6.07, 6.45) is 5.89. The molecule has 6 nitrogen and oxygen atoms in total. The lowest BCUT2D eigenvalue weighted by molar-refractivity contribution is 0.392. The van der Waals surface area contributed by atoms with Crippen LogP contribution < -0.4 is 16.4 Å². The van der Waals surface area contributed by atoms with E-state index in [9.17, 15) is 0 Å². The first-order valence-corrected chi connectivity index (χ1v) is 8.72. The molecule has 1 unspecified atom stereocenters. The quantitative estimate of drug-likeness (QED) is 0.636. The van der Waals surface area contributed by atoms with Gasteiger partial charge in [-0.2, -0.15) is 0 Å². The number of piperidine rings is 1. The van der Waals surface area contributed by atoms with E-state index in [4.69, 9.17) is 10.7 Å². The summed E-state index contributed by atoms with van der Waals surface area (Å²) in [5.41, 5.74) is 10.1. The SMILES string of the molecule is Nc1ccc(-c2cc3nccnc3c(NCC3CCCNC3)n2)cc1. The van der Waals surface area contributed by atoms with Gasteiger partial charge in [0.1, 0.15) is 5.52 Å². The van der Waals surface area contributed by atoms with Crippen molar-refractivity contribution < 1.29 is 0 Å². The van der Waals surface area contributed by atoms with E-state index in [0.717, 1.165) is 53.4 Å². The molecular formula is C19H22N6. The van der Waals surface area contributed by atoms with Crippen molar-refractivity contribution >= 4 is 22.5 Å². The zero-order valence-corrected chi connectivity index (χ0v) is 14.1. The Morgan fingerprint density at radius 2 is 2.00 bits per heavy atom. The molecule has 0 amide bonds. The van der Waals surface area contributed by atoms with Gasteiger partial charge in [0.25, 0.3) is 0 Å². The highest BCUT2D eigenvalue weighted by atomic mass is 15.0. The molecule has 1 fully saturated rings. The minimum atomic E-state index is 0.613. The molecular weight excluding hydrogens is 312 g/mol. The number of rotatable bonds is 4. The molecule has 0 bridgehead atoms. The number of anilines is 2. The summed E-state index contributed by atoms with van der Waals surface area (Å²) in [7, 11) is 0. The second-order valence-corrected chi connectivity index (χ2v) is 6.50. The molecule has 25 heavy (non-hydrogen) atoms. The van der Waals surface area contributed by atoms with Gasteiger partial charge < -0.3 is 16.4 Å². The fourth-order valence-electron chi connectivity index (χ4n) is 3.24. The molecule has 3 heterocycles. The van der Waals surface area contributed by atoms with Gasteiger partial charge in [-0.15, -0.1) is 0 Å². The zero-order valence-electron chi connectivity index (χ0n) is 14.1. The summed E-state index contributed by atoms with van der Waals surface area (Å²) in [5, 5.41) is 6.95. The molecule has 0 radical (unpaired) electrons. The Morgan fingerprint density at radius 3 is 2.80 bits per heavy atom. The zero-order chi connectivity index (χ0) is 17.1. The fourth-order valence-corrected chi connectivity index (χ4v) is 3.24. The molecule has 2 aromatic heterocycles. The molecule has 1 aliphatic heterocycles.